The molecular weight excluding hydrogens is 196 g/mol. The Bertz CT molecular complexity index is 358. The highest BCUT2D eigenvalue weighted by Gasteiger charge is 2.22. The summed E-state index contributed by atoms with van der Waals surface area (Å²) in [6.45, 7) is 2.33. The minimum absolute atomic E-state index is 0.734. The van der Waals surface area contributed by atoms with Crippen LogP contribution in [-0.4, -0.2) is 19.1 Å². The summed E-state index contributed by atoms with van der Waals surface area (Å²) in [6, 6.07) is 9.59. The zero-order chi connectivity index (χ0) is 10.8. The fraction of sp³-hybridized carbons (Fsp3) is 0.571. The van der Waals surface area contributed by atoms with Crippen molar-refractivity contribution in [3.8, 4) is 0 Å². The topological polar surface area (TPSA) is 24.1 Å². The van der Waals surface area contributed by atoms with Crippen molar-refractivity contribution in [3.63, 3.8) is 0 Å². The molecule has 3 rings (SSSR count). The summed E-state index contributed by atoms with van der Waals surface area (Å²) in [5.74, 6) is 0.734. The Balaban J connectivity index is 1.48. The Morgan fingerprint density at radius 1 is 1.25 bits per heavy atom. The van der Waals surface area contributed by atoms with Gasteiger partial charge in [-0.1, -0.05) is 18.2 Å². The number of nitrogens with one attached hydrogen (secondary N) is 2. The molecule has 1 aromatic carbocycles. The van der Waals surface area contributed by atoms with Crippen molar-refractivity contribution in [3.05, 3.63) is 29.8 Å². The molecule has 86 valence electrons. The average Bonchev–Trinajstić information content (AvgIpc) is 3.05. The third-order valence-corrected chi connectivity index (χ3v) is 3.68. The van der Waals surface area contributed by atoms with E-state index in [1.165, 1.54) is 43.5 Å². The molecule has 0 aromatic heterocycles. The Morgan fingerprint density at radius 2 is 2.12 bits per heavy atom. The molecule has 1 heterocycles. The highest BCUT2D eigenvalue weighted by Crippen LogP contribution is 2.33. The first kappa shape index (κ1) is 10.2. The van der Waals surface area contributed by atoms with Crippen LogP contribution in [0.2, 0.25) is 0 Å². The van der Waals surface area contributed by atoms with E-state index >= 15 is 0 Å². The molecule has 1 saturated carbocycles. The summed E-state index contributed by atoms with van der Waals surface area (Å²) < 4.78 is 0. The van der Waals surface area contributed by atoms with Gasteiger partial charge >= 0.3 is 0 Å². The predicted octanol–water partition coefficient (Wildman–Crippen LogP) is 2.73. The number of anilines is 1. The van der Waals surface area contributed by atoms with Crippen LogP contribution in [0.1, 0.15) is 37.2 Å². The van der Waals surface area contributed by atoms with E-state index in [-0.39, 0.29) is 0 Å². The van der Waals surface area contributed by atoms with Gasteiger partial charge in [0.1, 0.15) is 0 Å². The largest absolute Gasteiger partial charge is 0.384 e. The van der Waals surface area contributed by atoms with Gasteiger partial charge in [0.05, 0.1) is 0 Å². The summed E-state index contributed by atoms with van der Waals surface area (Å²) in [6.07, 6.45) is 5.41. The lowest BCUT2D eigenvalue weighted by molar-refractivity contribution is 0.576. The van der Waals surface area contributed by atoms with E-state index in [1.807, 2.05) is 0 Å². The van der Waals surface area contributed by atoms with Gasteiger partial charge in [-0.25, -0.2) is 0 Å². The van der Waals surface area contributed by atoms with Gasteiger partial charge in [0, 0.05) is 24.2 Å². The first-order valence-corrected chi connectivity index (χ1v) is 6.49. The number of benzene rings is 1. The van der Waals surface area contributed by atoms with E-state index in [0.717, 1.165) is 18.5 Å². The second kappa shape index (κ2) is 4.46. The van der Waals surface area contributed by atoms with Crippen LogP contribution in [0.15, 0.2) is 24.3 Å². The van der Waals surface area contributed by atoms with Crippen molar-refractivity contribution in [2.24, 2.45) is 0 Å². The lowest BCUT2D eigenvalue weighted by Gasteiger charge is -2.10. The summed E-state index contributed by atoms with van der Waals surface area (Å²) in [7, 11) is 0. The van der Waals surface area contributed by atoms with Crippen molar-refractivity contribution >= 4 is 5.69 Å². The normalized spacial score (nSPS) is 22.9. The van der Waals surface area contributed by atoms with Gasteiger partial charge in [0.15, 0.2) is 0 Å². The van der Waals surface area contributed by atoms with Gasteiger partial charge in [-0.15, -0.1) is 0 Å². The van der Waals surface area contributed by atoms with Crippen molar-refractivity contribution in [2.45, 2.75) is 37.6 Å². The minimum Gasteiger partial charge on any atom is -0.384 e. The van der Waals surface area contributed by atoms with Crippen molar-refractivity contribution in [1.82, 2.24) is 5.32 Å². The molecule has 1 fully saturated rings. The van der Waals surface area contributed by atoms with Gasteiger partial charge in [-0.05, 0) is 43.9 Å². The molecule has 1 unspecified atom stereocenters. The van der Waals surface area contributed by atoms with E-state index in [1.54, 1.807) is 0 Å². The van der Waals surface area contributed by atoms with E-state index < -0.39 is 0 Å². The first-order chi connectivity index (χ1) is 7.93. The maximum Gasteiger partial charge on any atom is 0.0376 e. The van der Waals surface area contributed by atoms with E-state index in [2.05, 4.69) is 34.9 Å². The lowest BCUT2D eigenvalue weighted by Crippen LogP contribution is -2.18. The third kappa shape index (κ3) is 2.22. The summed E-state index contributed by atoms with van der Waals surface area (Å²) in [4.78, 5) is 0. The Labute approximate surface area is 97.4 Å². The molecule has 16 heavy (non-hydrogen) atoms. The molecule has 0 amide bonds. The second-order valence-corrected chi connectivity index (χ2v) is 5.04. The second-order valence-electron chi connectivity index (χ2n) is 5.04. The van der Waals surface area contributed by atoms with E-state index in [9.17, 15) is 0 Å². The quantitative estimate of drug-likeness (QED) is 0.740. The Hall–Kier alpha value is -1.02. The first-order valence-electron chi connectivity index (χ1n) is 6.49. The zero-order valence-corrected chi connectivity index (χ0v) is 9.71. The number of rotatable bonds is 5. The molecule has 1 aliphatic carbocycles. The smallest absolute Gasteiger partial charge is 0.0376 e. The van der Waals surface area contributed by atoms with Gasteiger partial charge in [0.25, 0.3) is 0 Å². The van der Waals surface area contributed by atoms with Crippen LogP contribution in [0.4, 0.5) is 5.69 Å². The molecule has 1 atom stereocenters. The standard InChI is InChI=1S/C14H20N2/c1-2-6-14-13(5-1)11(10-16-14)4-3-9-15-12-7-8-12/h1-2,5-6,11-12,15-16H,3-4,7-10H2. The molecule has 0 saturated heterocycles. The molecule has 1 aliphatic heterocycles. The van der Waals surface area contributed by atoms with E-state index in [0.29, 0.717) is 0 Å². The average molecular weight is 216 g/mol. The number of para-hydroxylation sites is 1. The maximum atomic E-state index is 3.58. The molecule has 2 heteroatoms. The summed E-state index contributed by atoms with van der Waals surface area (Å²) >= 11 is 0. The van der Waals surface area contributed by atoms with E-state index in [4.69, 9.17) is 0 Å². The van der Waals surface area contributed by atoms with Crippen LogP contribution in [0, 0.1) is 0 Å². The van der Waals surface area contributed by atoms with Crippen molar-refractivity contribution in [2.75, 3.05) is 18.4 Å². The highest BCUT2D eigenvalue weighted by molar-refractivity contribution is 5.57. The Kier molecular flexibility index (Phi) is 2.83. The SMILES string of the molecule is c1ccc2c(c1)NCC2CCCNC1CC1. The van der Waals surface area contributed by atoms with Crippen molar-refractivity contribution < 1.29 is 0 Å². The van der Waals surface area contributed by atoms with Crippen LogP contribution in [-0.2, 0) is 0 Å². The summed E-state index contributed by atoms with van der Waals surface area (Å²) in [5.41, 5.74) is 2.87. The molecule has 0 bridgehead atoms. The van der Waals surface area contributed by atoms with Crippen LogP contribution in [0.5, 0.6) is 0 Å². The van der Waals surface area contributed by atoms with Gasteiger partial charge in [-0.3, -0.25) is 0 Å². The molecule has 0 radical (unpaired) electrons. The monoisotopic (exact) mass is 216 g/mol. The minimum atomic E-state index is 0.734. The van der Waals surface area contributed by atoms with Crippen LogP contribution < -0.4 is 10.6 Å². The number of fused-ring (bicyclic) bond motifs is 1. The lowest BCUT2D eigenvalue weighted by atomic mass is 9.96. The number of hydrogen-bond donors (Lipinski definition) is 2. The molecule has 2 nitrogen and oxygen atoms in total. The molecule has 2 aliphatic rings. The fourth-order valence-electron chi connectivity index (χ4n) is 2.56. The van der Waals surface area contributed by atoms with Gasteiger partial charge in [0.2, 0.25) is 0 Å². The van der Waals surface area contributed by atoms with Crippen molar-refractivity contribution in [1.29, 1.82) is 0 Å². The molecular formula is C14H20N2. The third-order valence-electron chi connectivity index (χ3n) is 3.68. The van der Waals surface area contributed by atoms with Gasteiger partial charge < -0.3 is 10.6 Å². The van der Waals surface area contributed by atoms with Crippen LogP contribution >= 0.6 is 0 Å². The van der Waals surface area contributed by atoms with Gasteiger partial charge in [-0.2, -0.15) is 0 Å². The number of hydrogen-bond acceptors (Lipinski definition) is 2. The zero-order valence-electron chi connectivity index (χ0n) is 9.71. The molecule has 1 aromatic rings. The predicted molar refractivity (Wildman–Crippen MR) is 67.9 cm³/mol. The van der Waals surface area contributed by atoms with Crippen LogP contribution in [0.25, 0.3) is 0 Å². The Morgan fingerprint density at radius 3 is 3.00 bits per heavy atom. The highest BCUT2D eigenvalue weighted by atomic mass is 14.9. The van der Waals surface area contributed by atoms with Crippen LogP contribution in [0.3, 0.4) is 0 Å². The molecule has 2 N–H and O–H groups in total. The fourth-order valence-corrected chi connectivity index (χ4v) is 2.56. The summed E-state index contributed by atoms with van der Waals surface area (Å²) in [5, 5.41) is 7.08. The molecule has 0 spiro atoms. The maximum absolute atomic E-state index is 3.58.